The Morgan fingerprint density at radius 3 is 2.19 bits per heavy atom. The molecule has 1 atom stereocenters. The highest BCUT2D eigenvalue weighted by atomic mass is 16.5. The van der Waals surface area contributed by atoms with Gasteiger partial charge in [0.05, 0.1) is 5.56 Å². The van der Waals surface area contributed by atoms with Crippen LogP contribution in [0.1, 0.15) is 112 Å². The minimum atomic E-state index is -0.301. The second-order valence-electron chi connectivity index (χ2n) is 9.83. The number of allylic oxidation sites excluding steroid dienone is 3. The first kappa shape index (κ1) is 29.2. The zero-order valence-electron chi connectivity index (χ0n) is 22.7. The van der Waals surface area contributed by atoms with E-state index in [2.05, 4.69) is 63.1 Å². The lowest BCUT2D eigenvalue weighted by atomic mass is 9.77. The van der Waals surface area contributed by atoms with Crippen LogP contribution in [-0.2, 0) is 11.2 Å². The Morgan fingerprint density at radius 2 is 1.58 bits per heavy atom. The van der Waals surface area contributed by atoms with Gasteiger partial charge in [-0.2, -0.15) is 0 Å². The molecule has 1 fully saturated rings. The Balaban J connectivity index is 0.000000694. The van der Waals surface area contributed by atoms with Crippen molar-refractivity contribution < 1.29 is 9.53 Å². The molecule has 2 heteroatoms. The monoisotopic (exact) mass is 484 g/mol. The molecular weight excluding hydrogens is 440 g/mol. The number of terminal acetylenes is 1. The molecule has 2 aromatic rings. The third kappa shape index (κ3) is 8.56. The summed E-state index contributed by atoms with van der Waals surface area (Å²) in [6.07, 6.45) is 23.7. The van der Waals surface area contributed by atoms with Gasteiger partial charge in [-0.3, -0.25) is 0 Å². The van der Waals surface area contributed by atoms with Gasteiger partial charge in [0.1, 0.15) is 6.10 Å². The first-order valence-corrected chi connectivity index (χ1v) is 13.5. The van der Waals surface area contributed by atoms with Gasteiger partial charge in [-0.15, -0.1) is 12.8 Å². The van der Waals surface area contributed by atoms with Crippen LogP contribution in [-0.4, -0.2) is 5.97 Å². The number of fused-ring (bicyclic) bond motifs is 1. The molecule has 0 aromatic heterocycles. The van der Waals surface area contributed by atoms with E-state index in [9.17, 15) is 4.79 Å². The number of hydrogen-bond donors (Lipinski definition) is 0. The standard InChI is InChI=1S/C28H34O2.C4H8.C2H2/c1-3-6-21-10-13-22(14-11-21)23-15-17-25(18-16-23)28(29)30-27-19-20(2)9-12-24-7-4-5-8-26(24)27;1-3-4-2;1-2/h4-5,7-8,15-19,21-22,27H,3,6,9-14H2,1-2H3;3-4H,1-2H3;1-2H/b;4-3-;. The van der Waals surface area contributed by atoms with Crippen molar-refractivity contribution in [3.05, 3.63) is 94.6 Å². The summed E-state index contributed by atoms with van der Waals surface area (Å²) < 4.78 is 5.97. The number of rotatable bonds is 5. The minimum Gasteiger partial charge on any atom is -0.450 e. The number of ether oxygens (including phenoxy) is 1. The van der Waals surface area contributed by atoms with Crippen molar-refractivity contribution >= 4 is 5.97 Å². The maximum Gasteiger partial charge on any atom is 0.339 e. The van der Waals surface area contributed by atoms with Gasteiger partial charge in [0.25, 0.3) is 0 Å². The van der Waals surface area contributed by atoms with Crippen LogP contribution >= 0.6 is 0 Å². The first-order chi connectivity index (χ1) is 17.5. The van der Waals surface area contributed by atoms with Crippen molar-refractivity contribution in [2.45, 2.75) is 91.1 Å². The van der Waals surface area contributed by atoms with Crippen LogP contribution < -0.4 is 0 Å². The van der Waals surface area contributed by atoms with Crippen molar-refractivity contribution in [1.82, 2.24) is 0 Å². The lowest BCUT2D eigenvalue weighted by molar-refractivity contribution is 0.0390. The van der Waals surface area contributed by atoms with E-state index in [1.807, 2.05) is 44.2 Å². The zero-order chi connectivity index (χ0) is 26.3. The second kappa shape index (κ2) is 15.8. The fraction of sp³-hybridized carbons (Fsp3) is 0.441. The van der Waals surface area contributed by atoms with E-state index in [4.69, 9.17) is 4.74 Å². The van der Waals surface area contributed by atoms with Gasteiger partial charge in [0, 0.05) is 0 Å². The van der Waals surface area contributed by atoms with Crippen molar-refractivity contribution in [2.75, 3.05) is 0 Å². The molecule has 1 unspecified atom stereocenters. The molecule has 0 bridgehead atoms. The van der Waals surface area contributed by atoms with Crippen LogP contribution in [0.3, 0.4) is 0 Å². The highest BCUT2D eigenvalue weighted by Gasteiger charge is 2.23. The molecule has 2 nitrogen and oxygen atoms in total. The molecule has 36 heavy (non-hydrogen) atoms. The van der Waals surface area contributed by atoms with Gasteiger partial charge < -0.3 is 4.74 Å². The summed E-state index contributed by atoms with van der Waals surface area (Å²) in [5.41, 5.74) is 5.68. The fourth-order valence-electron chi connectivity index (χ4n) is 5.17. The molecule has 2 aromatic carbocycles. The Bertz CT molecular complexity index is 997. The van der Waals surface area contributed by atoms with Crippen LogP contribution in [0.4, 0.5) is 0 Å². The van der Waals surface area contributed by atoms with Crippen molar-refractivity contribution in [2.24, 2.45) is 5.92 Å². The van der Waals surface area contributed by atoms with E-state index >= 15 is 0 Å². The van der Waals surface area contributed by atoms with E-state index in [1.165, 1.54) is 55.2 Å². The summed E-state index contributed by atoms with van der Waals surface area (Å²) >= 11 is 0. The number of aryl methyl sites for hydroxylation is 1. The Morgan fingerprint density at radius 1 is 0.944 bits per heavy atom. The maximum absolute atomic E-state index is 12.9. The van der Waals surface area contributed by atoms with Crippen LogP contribution in [0.25, 0.3) is 0 Å². The van der Waals surface area contributed by atoms with Gasteiger partial charge in [-0.1, -0.05) is 73.9 Å². The van der Waals surface area contributed by atoms with E-state index in [0.29, 0.717) is 11.5 Å². The highest BCUT2D eigenvalue weighted by molar-refractivity contribution is 5.89. The molecule has 4 rings (SSSR count). The average Bonchev–Trinajstić information content (AvgIpc) is 3.09. The molecule has 0 aliphatic heterocycles. The average molecular weight is 485 g/mol. The van der Waals surface area contributed by atoms with Crippen molar-refractivity contribution in [3.63, 3.8) is 0 Å². The Hall–Kier alpha value is -3.05. The summed E-state index contributed by atoms with van der Waals surface area (Å²) in [5.74, 6) is 1.32. The summed E-state index contributed by atoms with van der Waals surface area (Å²) in [7, 11) is 0. The van der Waals surface area contributed by atoms with E-state index in [-0.39, 0.29) is 12.1 Å². The van der Waals surface area contributed by atoms with Gasteiger partial charge in [-0.25, -0.2) is 4.79 Å². The topological polar surface area (TPSA) is 26.3 Å². The number of benzene rings is 2. The molecule has 192 valence electrons. The lowest BCUT2D eigenvalue weighted by Crippen LogP contribution is -2.14. The lowest BCUT2D eigenvalue weighted by Gasteiger charge is -2.28. The molecule has 0 N–H and O–H groups in total. The fourth-order valence-corrected chi connectivity index (χ4v) is 5.17. The smallest absolute Gasteiger partial charge is 0.339 e. The minimum absolute atomic E-state index is 0.237. The number of hydrogen-bond acceptors (Lipinski definition) is 2. The SMILES string of the molecule is C#C.C/C=C\C.CCCC1CCC(c2ccc(C(=O)OC3C=C(C)CCc4ccccc43)cc2)CC1. The molecule has 0 amide bonds. The van der Waals surface area contributed by atoms with E-state index < -0.39 is 0 Å². The molecular formula is C34H44O2. The normalized spacial score (nSPS) is 20.9. The number of carbonyl (C=O) groups is 1. The molecule has 0 spiro atoms. The van der Waals surface area contributed by atoms with E-state index in [0.717, 1.165) is 24.3 Å². The zero-order valence-corrected chi connectivity index (χ0v) is 22.7. The Labute approximate surface area is 219 Å². The molecule has 2 aliphatic carbocycles. The van der Waals surface area contributed by atoms with Gasteiger partial charge in [0.15, 0.2) is 0 Å². The van der Waals surface area contributed by atoms with Crippen LogP contribution in [0, 0.1) is 18.8 Å². The van der Waals surface area contributed by atoms with Crippen molar-refractivity contribution in [1.29, 1.82) is 0 Å². The highest BCUT2D eigenvalue weighted by Crippen LogP contribution is 2.37. The third-order valence-corrected chi connectivity index (χ3v) is 7.31. The van der Waals surface area contributed by atoms with Gasteiger partial charge in [-0.05, 0) is 106 Å². The predicted molar refractivity (Wildman–Crippen MR) is 153 cm³/mol. The van der Waals surface area contributed by atoms with Crippen molar-refractivity contribution in [3.8, 4) is 12.8 Å². The molecule has 0 saturated heterocycles. The van der Waals surface area contributed by atoms with Crippen LogP contribution in [0.2, 0.25) is 0 Å². The number of esters is 1. The summed E-state index contributed by atoms with van der Waals surface area (Å²) in [5, 5.41) is 0. The third-order valence-electron chi connectivity index (χ3n) is 7.31. The predicted octanol–water partition coefficient (Wildman–Crippen LogP) is 9.38. The number of carbonyl (C=O) groups excluding carboxylic acids is 1. The Kier molecular flexibility index (Phi) is 12.8. The summed E-state index contributed by atoms with van der Waals surface area (Å²) in [6, 6.07) is 16.5. The van der Waals surface area contributed by atoms with Gasteiger partial charge in [0.2, 0.25) is 0 Å². The van der Waals surface area contributed by atoms with Gasteiger partial charge >= 0.3 is 5.97 Å². The largest absolute Gasteiger partial charge is 0.450 e. The summed E-state index contributed by atoms with van der Waals surface area (Å²) in [4.78, 5) is 12.9. The summed E-state index contributed by atoms with van der Waals surface area (Å²) in [6.45, 7) is 8.41. The maximum atomic E-state index is 12.9. The van der Waals surface area contributed by atoms with Crippen LogP contribution in [0.15, 0.2) is 72.3 Å². The quantitative estimate of drug-likeness (QED) is 0.240. The molecule has 2 aliphatic rings. The van der Waals surface area contributed by atoms with Crippen LogP contribution in [0.5, 0.6) is 0 Å². The molecule has 1 saturated carbocycles. The molecule has 0 heterocycles. The second-order valence-corrected chi connectivity index (χ2v) is 9.83. The first-order valence-electron chi connectivity index (χ1n) is 13.5. The molecule has 0 radical (unpaired) electrons. The van der Waals surface area contributed by atoms with E-state index in [1.54, 1.807) is 0 Å².